The van der Waals surface area contributed by atoms with Gasteiger partial charge in [0.05, 0.1) is 6.61 Å². The van der Waals surface area contributed by atoms with Crippen LogP contribution >= 0.6 is 0 Å². The summed E-state index contributed by atoms with van der Waals surface area (Å²) in [6.45, 7) is 9.10. The van der Waals surface area contributed by atoms with Crippen molar-refractivity contribution in [3.8, 4) is 0 Å². The first-order valence-corrected chi connectivity index (χ1v) is 11.1. The minimum absolute atomic E-state index is 0.253. The number of hydrogen-bond donors (Lipinski definition) is 1. The van der Waals surface area contributed by atoms with E-state index >= 15 is 0 Å². The molecule has 3 heterocycles. The van der Waals surface area contributed by atoms with Crippen molar-refractivity contribution in [3.63, 3.8) is 0 Å². The highest BCUT2D eigenvalue weighted by molar-refractivity contribution is 5.80. The normalized spacial score (nSPS) is 24.2. The maximum atomic E-state index is 12.6. The number of carbonyl (C=O) groups excluding carboxylic acids is 1. The molecule has 158 valence electrons. The molecule has 4 rings (SSSR count). The van der Waals surface area contributed by atoms with Crippen molar-refractivity contribution >= 4 is 11.9 Å². The zero-order valence-corrected chi connectivity index (χ0v) is 17.7. The van der Waals surface area contributed by atoms with Gasteiger partial charge in [0.15, 0.2) is 5.96 Å². The molecule has 2 fully saturated rings. The number of guanidine groups is 1. The number of benzene rings is 1. The molecule has 1 aromatic rings. The number of ether oxygens (including phenoxy) is 1. The molecule has 1 atom stereocenters. The molecule has 2 saturated heterocycles. The van der Waals surface area contributed by atoms with E-state index in [1.165, 1.54) is 17.5 Å². The number of carbonyl (C=O) groups is 1. The van der Waals surface area contributed by atoms with Crippen LogP contribution in [0.4, 0.5) is 0 Å². The molecule has 0 aromatic heterocycles. The van der Waals surface area contributed by atoms with Crippen molar-refractivity contribution in [1.29, 1.82) is 0 Å². The van der Waals surface area contributed by atoms with Crippen LogP contribution in [0.25, 0.3) is 0 Å². The lowest BCUT2D eigenvalue weighted by Crippen LogP contribution is -2.41. The monoisotopic (exact) mass is 398 g/mol. The van der Waals surface area contributed by atoms with E-state index in [1.54, 1.807) is 0 Å². The van der Waals surface area contributed by atoms with Crippen molar-refractivity contribution in [2.24, 2.45) is 10.4 Å². The summed E-state index contributed by atoms with van der Waals surface area (Å²) in [4.78, 5) is 21.8. The summed E-state index contributed by atoms with van der Waals surface area (Å²) in [7, 11) is 0. The summed E-state index contributed by atoms with van der Waals surface area (Å²) in [5, 5.41) is 3.43. The molecule has 3 aliphatic rings. The van der Waals surface area contributed by atoms with Crippen LogP contribution in [0.2, 0.25) is 0 Å². The molecule has 6 nitrogen and oxygen atoms in total. The van der Waals surface area contributed by atoms with Gasteiger partial charge in [0.25, 0.3) is 0 Å². The Labute approximate surface area is 174 Å². The zero-order chi connectivity index (χ0) is 20.1. The largest absolute Gasteiger partial charge is 0.381 e. The zero-order valence-electron chi connectivity index (χ0n) is 17.7. The highest BCUT2D eigenvalue weighted by Crippen LogP contribution is 2.38. The first-order chi connectivity index (χ1) is 14.2. The van der Waals surface area contributed by atoms with E-state index in [0.717, 1.165) is 71.2 Å². The van der Waals surface area contributed by atoms with E-state index in [4.69, 9.17) is 9.73 Å². The van der Waals surface area contributed by atoms with E-state index in [9.17, 15) is 4.79 Å². The number of hydrogen-bond acceptors (Lipinski definition) is 3. The Kier molecular flexibility index (Phi) is 6.38. The number of rotatable bonds is 5. The van der Waals surface area contributed by atoms with Gasteiger partial charge in [0.2, 0.25) is 5.91 Å². The standard InChI is InChI=1S/C23H34N4O2/c1-2-24-22(27-14-10-23(17-27)11-15-29-18-23)25-12-5-8-21(28)26-13-9-19-6-3-4-7-20(19)16-26/h3-4,6-7H,2,5,8-18H2,1H3,(H,24,25). The topological polar surface area (TPSA) is 57.2 Å². The van der Waals surface area contributed by atoms with Crippen molar-refractivity contribution in [3.05, 3.63) is 35.4 Å². The van der Waals surface area contributed by atoms with Crippen molar-refractivity contribution in [1.82, 2.24) is 15.1 Å². The molecule has 1 N–H and O–H groups in total. The number of likely N-dealkylation sites (tertiary alicyclic amines) is 1. The lowest BCUT2D eigenvalue weighted by Gasteiger charge is -2.29. The number of nitrogens with zero attached hydrogens (tertiary/aromatic N) is 3. The minimum Gasteiger partial charge on any atom is -0.381 e. The van der Waals surface area contributed by atoms with Gasteiger partial charge in [-0.3, -0.25) is 9.79 Å². The third-order valence-corrected chi connectivity index (χ3v) is 6.55. The average Bonchev–Trinajstić information content (AvgIpc) is 3.39. The minimum atomic E-state index is 0.253. The molecule has 0 saturated carbocycles. The predicted molar refractivity (Wildman–Crippen MR) is 115 cm³/mol. The van der Waals surface area contributed by atoms with Gasteiger partial charge in [-0.1, -0.05) is 24.3 Å². The van der Waals surface area contributed by atoms with Gasteiger partial charge < -0.3 is 19.9 Å². The molecule has 1 spiro atoms. The number of amides is 1. The van der Waals surface area contributed by atoms with Crippen LogP contribution in [0, 0.1) is 5.41 Å². The maximum Gasteiger partial charge on any atom is 0.222 e. The number of fused-ring (bicyclic) bond motifs is 1. The third kappa shape index (κ3) is 4.74. The molecule has 1 unspecified atom stereocenters. The van der Waals surface area contributed by atoms with Crippen LogP contribution in [-0.4, -0.2) is 67.6 Å². The summed E-state index contributed by atoms with van der Waals surface area (Å²) < 4.78 is 5.65. The van der Waals surface area contributed by atoms with Gasteiger partial charge in [-0.25, -0.2) is 0 Å². The lowest BCUT2D eigenvalue weighted by molar-refractivity contribution is -0.132. The van der Waals surface area contributed by atoms with E-state index in [-0.39, 0.29) is 5.91 Å². The van der Waals surface area contributed by atoms with Crippen LogP contribution in [0.3, 0.4) is 0 Å². The lowest BCUT2D eigenvalue weighted by atomic mass is 9.87. The van der Waals surface area contributed by atoms with Crippen LogP contribution in [0.15, 0.2) is 29.3 Å². The first-order valence-electron chi connectivity index (χ1n) is 11.1. The Morgan fingerprint density at radius 2 is 2.07 bits per heavy atom. The summed E-state index contributed by atoms with van der Waals surface area (Å²) in [6.07, 6.45) is 4.69. The Morgan fingerprint density at radius 1 is 1.21 bits per heavy atom. The molecular formula is C23H34N4O2. The first kappa shape index (κ1) is 20.2. The Morgan fingerprint density at radius 3 is 2.86 bits per heavy atom. The van der Waals surface area contributed by atoms with Gasteiger partial charge in [-0.2, -0.15) is 0 Å². The van der Waals surface area contributed by atoms with E-state index in [0.29, 0.717) is 18.4 Å². The Bertz CT molecular complexity index is 742. The average molecular weight is 399 g/mol. The SMILES string of the molecule is CCNC(=NCCCC(=O)N1CCc2ccccc2C1)N1CCC2(CCOC2)C1. The fraction of sp³-hybridized carbons (Fsp3) is 0.652. The summed E-state index contributed by atoms with van der Waals surface area (Å²) in [5.74, 6) is 1.25. The van der Waals surface area contributed by atoms with Gasteiger partial charge >= 0.3 is 0 Å². The second-order valence-corrected chi connectivity index (χ2v) is 8.65. The van der Waals surface area contributed by atoms with Gasteiger partial charge in [-0.05, 0) is 43.7 Å². The summed E-state index contributed by atoms with van der Waals surface area (Å²) in [5.41, 5.74) is 3.00. The highest BCUT2D eigenvalue weighted by Gasteiger charge is 2.42. The Hall–Kier alpha value is -2.08. The molecule has 1 amide bonds. The molecule has 0 bridgehead atoms. The predicted octanol–water partition coefficient (Wildman–Crippen LogP) is 2.43. The van der Waals surface area contributed by atoms with Crippen molar-refractivity contribution < 1.29 is 9.53 Å². The van der Waals surface area contributed by atoms with Gasteiger partial charge in [0.1, 0.15) is 0 Å². The second kappa shape index (κ2) is 9.16. The fourth-order valence-corrected chi connectivity index (χ4v) is 4.80. The molecule has 6 heteroatoms. The van der Waals surface area contributed by atoms with E-state index in [1.807, 2.05) is 4.90 Å². The molecular weight excluding hydrogens is 364 g/mol. The van der Waals surface area contributed by atoms with Crippen LogP contribution in [-0.2, 0) is 22.5 Å². The molecule has 29 heavy (non-hydrogen) atoms. The third-order valence-electron chi connectivity index (χ3n) is 6.55. The quantitative estimate of drug-likeness (QED) is 0.470. The van der Waals surface area contributed by atoms with Crippen LogP contribution in [0.5, 0.6) is 0 Å². The summed E-state index contributed by atoms with van der Waals surface area (Å²) >= 11 is 0. The maximum absolute atomic E-state index is 12.6. The summed E-state index contributed by atoms with van der Waals surface area (Å²) in [6, 6.07) is 8.45. The van der Waals surface area contributed by atoms with Gasteiger partial charge in [0, 0.05) is 57.7 Å². The van der Waals surface area contributed by atoms with Gasteiger partial charge in [-0.15, -0.1) is 0 Å². The Balaban J connectivity index is 1.25. The second-order valence-electron chi connectivity index (χ2n) is 8.65. The van der Waals surface area contributed by atoms with Crippen LogP contribution < -0.4 is 5.32 Å². The van der Waals surface area contributed by atoms with Crippen LogP contribution in [0.1, 0.15) is 43.7 Å². The number of nitrogens with one attached hydrogen (secondary N) is 1. The molecule has 0 aliphatic carbocycles. The van der Waals surface area contributed by atoms with E-state index < -0.39 is 0 Å². The fourth-order valence-electron chi connectivity index (χ4n) is 4.80. The molecule has 0 radical (unpaired) electrons. The molecule has 1 aromatic carbocycles. The van der Waals surface area contributed by atoms with Crippen molar-refractivity contribution in [2.75, 3.05) is 45.9 Å². The smallest absolute Gasteiger partial charge is 0.222 e. The number of aliphatic imine (C=N–C) groups is 1. The van der Waals surface area contributed by atoms with E-state index in [2.05, 4.69) is 41.4 Å². The highest BCUT2D eigenvalue weighted by atomic mass is 16.5. The van der Waals surface area contributed by atoms with Crippen molar-refractivity contribution in [2.45, 2.75) is 45.6 Å². The molecule has 3 aliphatic heterocycles.